The van der Waals surface area contributed by atoms with E-state index in [0.29, 0.717) is 17.8 Å². The number of ether oxygens (including phenoxy) is 1. The molecule has 1 aromatic carbocycles. The number of benzene rings is 1. The maximum absolute atomic E-state index is 13.7. The lowest BCUT2D eigenvalue weighted by Gasteiger charge is -2.36. The molecule has 2 aromatic rings. The number of amides is 2. The second-order valence-electron chi connectivity index (χ2n) is 11.5. The zero-order chi connectivity index (χ0) is 32.1. The Morgan fingerprint density at radius 3 is 2.33 bits per heavy atom. The molecule has 0 bridgehead atoms. The summed E-state index contributed by atoms with van der Waals surface area (Å²) in [6.07, 6.45) is 1.13. The first kappa shape index (κ1) is 36.0. The standard InChI is InChI=1S/C32H48N4O6S/c1-8-21(4)25(16-24(37)18-33-5)32(41)36(6)27(20(2)3)17-28(42-7)31-35-26(19-43-31)30(40)34-23(15-29(38)39)14-22-12-10-9-11-13-22/h9-13,19-21,23,25,27-28,33H,8,14-18H2,1-7H3,(H,34,40)(H,38,39)/t21?,23-,25-,27+,28?/m0/s1. The number of hydrogen-bond donors (Lipinski definition) is 3. The van der Waals surface area contributed by atoms with Gasteiger partial charge in [0.1, 0.15) is 22.6 Å². The Hall–Kier alpha value is -3.15. The first-order valence-electron chi connectivity index (χ1n) is 14.9. The molecule has 2 rings (SSSR count). The highest BCUT2D eigenvalue weighted by atomic mass is 32.1. The minimum atomic E-state index is -1.000. The molecule has 0 aliphatic rings. The van der Waals surface area contributed by atoms with Gasteiger partial charge in [-0.1, -0.05) is 64.4 Å². The van der Waals surface area contributed by atoms with Crippen LogP contribution < -0.4 is 10.6 Å². The van der Waals surface area contributed by atoms with E-state index in [1.165, 1.54) is 11.3 Å². The van der Waals surface area contributed by atoms with Crippen molar-refractivity contribution < 1.29 is 29.0 Å². The molecule has 1 heterocycles. The van der Waals surface area contributed by atoms with Gasteiger partial charge < -0.3 is 25.4 Å². The Morgan fingerprint density at radius 1 is 1.09 bits per heavy atom. The molecule has 0 saturated heterocycles. The largest absolute Gasteiger partial charge is 0.481 e. The summed E-state index contributed by atoms with van der Waals surface area (Å²) < 4.78 is 5.82. The molecule has 2 unspecified atom stereocenters. The highest BCUT2D eigenvalue weighted by molar-refractivity contribution is 7.09. The number of carboxylic acids is 1. The number of aliphatic carboxylic acids is 1. The summed E-state index contributed by atoms with van der Waals surface area (Å²) in [6.45, 7) is 8.35. The van der Waals surface area contributed by atoms with Crippen LogP contribution in [0.3, 0.4) is 0 Å². The van der Waals surface area contributed by atoms with E-state index in [2.05, 4.69) is 15.6 Å². The minimum Gasteiger partial charge on any atom is -0.481 e. The van der Waals surface area contributed by atoms with Gasteiger partial charge in [0.05, 0.1) is 13.0 Å². The molecular weight excluding hydrogens is 568 g/mol. The number of aromatic nitrogens is 1. The van der Waals surface area contributed by atoms with Crippen LogP contribution in [0.1, 0.15) is 80.5 Å². The van der Waals surface area contributed by atoms with Gasteiger partial charge in [-0.25, -0.2) is 4.98 Å². The molecule has 238 valence electrons. The zero-order valence-electron chi connectivity index (χ0n) is 26.5. The van der Waals surface area contributed by atoms with E-state index in [1.54, 1.807) is 31.5 Å². The molecule has 43 heavy (non-hydrogen) atoms. The minimum absolute atomic E-state index is 0.00775. The van der Waals surface area contributed by atoms with Crippen LogP contribution in [0.25, 0.3) is 0 Å². The van der Waals surface area contributed by atoms with Crippen LogP contribution in [-0.2, 0) is 25.5 Å². The summed E-state index contributed by atoms with van der Waals surface area (Å²) in [5.74, 6) is -1.77. The molecule has 5 atom stereocenters. The molecule has 10 nitrogen and oxygen atoms in total. The lowest BCUT2D eigenvalue weighted by molar-refractivity contribution is -0.142. The second kappa shape index (κ2) is 17.8. The average Bonchev–Trinajstić information content (AvgIpc) is 3.46. The number of methoxy groups -OCH3 is 1. The first-order valence-corrected chi connectivity index (χ1v) is 15.8. The van der Waals surface area contributed by atoms with Crippen molar-refractivity contribution in [2.75, 3.05) is 27.7 Å². The fourth-order valence-corrected chi connectivity index (χ4v) is 6.12. The first-order chi connectivity index (χ1) is 20.4. The summed E-state index contributed by atoms with van der Waals surface area (Å²) >= 11 is 1.29. The number of Topliss-reactive ketones (excluding diaryl/α,β-unsaturated/α-hetero) is 1. The number of ketones is 1. The molecule has 2 amide bonds. The van der Waals surface area contributed by atoms with Crippen molar-refractivity contribution in [3.05, 3.63) is 52.0 Å². The Balaban J connectivity index is 2.19. The molecular formula is C32H48N4O6S. The molecule has 1 aromatic heterocycles. The Kier molecular flexibility index (Phi) is 15.0. The van der Waals surface area contributed by atoms with E-state index in [9.17, 15) is 24.3 Å². The van der Waals surface area contributed by atoms with Crippen LogP contribution in [0.15, 0.2) is 35.7 Å². The molecule has 3 N–H and O–H groups in total. The van der Waals surface area contributed by atoms with E-state index in [1.807, 2.05) is 58.0 Å². The number of nitrogens with one attached hydrogen (secondary N) is 2. The molecule has 0 radical (unpaired) electrons. The van der Waals surface area contributed by atoms with Crippen LogP contribution in [0, 0.1) is 17.8 Å². The fourth-order valence-electron chi connectivity index (χ4n) is 5.23. The summed E-state index contributed by atoms with van der Waals surface area (Å²) in [5, 5.41) is 17.3. The molecule has 0 aliphatic heterocycles. The maximum Gasteiger partial charge on any atom is 0.305 e. The van der Waals surface area contributed by atoms with Crippen molar-refractivity contribution >= 4 is 34.9 Å². The SMILES string of the molecule is CCC(C)[C@H](CC(=O)CNC)C(=O)N(C)[C@H](CC(OC)c1nc(C(=O)N[C@H](CC(=O)O)Cc2ccccc2)cs1)C(C)C. The number of carbonyl (C=O) groups excluding carboxylic acids is 3. The lowest BCUT2D eigenvalue weighted by Crippen LogP contribution is -2.46. The Labute approximate surface area is 259 Å². The van der Waals surface area contributed by atoms with E-state index in [-0.39, 0.29) is 54.6 Å². The van der Waals surface area contributed by atoms with Gasteiger partial charge in [-0.3, -0.25) is 19.2 Å². The highest BCUT2D eigenvalue weighted by Crippen LogP contribution is 2.31. The van der Waals surface area contributed by atoms with Crippen molar-refractivity contribution in [3.63, 3.8) is 0 Å². The molecule has 0 aliphatic carbocycles. The quantitative estimate of drug-likeness (QED) is 0.212. The van der Waals surface area contributed by atoms with Crippen LogP contribution >= 0.6 is 11.3 Å². The van der Waals surface area contributed by atoms with Gasteiger partial charge in [-0.2, -0.15) is 0 Å². The van der Waals surface area contributed by atoms with Crippen molar-refractivity contribution in [1.82, 2.24) is 20.5 Å². The smallest absolute Gasteiger partial charge is 0.305 e. The number of likely N-dealkylation sites (N-methyl/N-ethyl adjacent to an activating group) is 1. The van der Waals surface area contributed by atoms with E-state index >= 15 is 0 Å². The molecule has 0 saturated carbocycles. The number of carboxylic acid groups (broad SMARTS) is 1. The van der Waals surface area contributed by atoms with Gasteiger partial charge in [0.15, 0.2) is 0 Å². The van der Waals surface area contributed by atoms with Gasteiger partial charge in [0.25, 0.3) is 5.91 Å². The van der Waals surface area contributed by atoms with Gasteiger partial charge in [0, 0.05) is 50.4 Å². The predicted octanol–water partition coefficient (Wildman–Crippen LogP) is 4.36. The van der Waals surface area contributed by atoms with Crippen LogP contribution in [0.2, 0.25) is 0 Å². The van der Waals surface area contributed by atoms with Crippen LogP contribution in [0.5, 0.6) is 0 Å². The predicted molar refractivity (Wildman–Crippen MR) is 168 cm³/mol. The Morgan fingerprint density at radius 2 is 1.77 bits per heavy atom. The van der Waals surface area contributed by atoms with Crippen molar-refractivity contribution in [1.29, 1.82) is 0 Å². The van der Waals surface area contributed by atoms with Crippen molar-refractivity contribution in [3.8, 4) is 0 Å². The molecule has 0 spiro atoms. The van der Waals surface area contributed by atoms with Gasteiger partial charge in [0.2, 0.25) is 5.91 Å². The third-order valence-corrected chi connectivity index (χ3v) is 8.87. The van der Waals surface area contributed by atoms with E-state index in [4.69, 9.17) is 4.74 Å². The van der Waals surface area contributed by atoms with Gasteiger partial charge in [-0.05, 0) is 30.9 Å². The van der Waals surface area contributed by atoms with Crippen molar-refractivity contribution in [2.45, 2.75) is 78.0 Å². The number of rotatable bonds is 19. The summed E-state index contributed by atoms with van der Waals surface area (Å²) in [7, 11) is 5.08. The molecule has 0 fully saturated rings. The van der Waals surface area contributed by atoms with Crippen LogP contribution in [0.4, 0.5) is 0 Å². The highest BCUT2D eigenvalue weighted by Gasteiger charge is 2.35. The van der Waals surface area contributed by atoms with Crippen molar-refractivity contribution in [2.24, 2.45) is 17.8 Å². The number of hydrogen-bond acceptors (Lipinski definition) is 8. The Bertz CT molecular complexity index is 1190. The second-order valence-corrected chi connectivity index (χ2v) is 12.4. The summed E-state index contributed by atoms with van der Waals surface area (Å²) in [5.41, 5.74) is 1.11. The van der Waals surface area contributed by atoms with E-state index < -0.39 is 29.9 Å². The molecule has 11 heteroatoms. The topological polar surface area (TPSA) is 138 Å². The van der Waals surface area contributed by atoms with E-state index in [0.717, 1.165) is 12.0 Å². The number of nitrogens with zero attached hydrogens (tertiary/aromatic N) is 2. The summed E-state index contributed by atoms with van der Waals surface area (Å²) in [4.78, 5) is 57.1. The fraction of sp³-hybridized carbons (Fsp3) is 0.594. The van der Waals surface area contributed by atoms with Crippen LogP contribution in [-0.4, -0.2) is 78.4 Å². The van der Waals surface area contributed by atoms with Gasteiger partial charge >= 0.3 is 5.97 Å². The summed E-state index contributed by atoms with van der Waals surface area (Å²) in [6, 6.07) is 8.61. The van der Waals surface area contributed by atoms with Gasteiger partial charge in [-0.15, -0.1) is 11.3 Å². The lowest BCUT2D eigenvalue weighted by atomic mass is 9.85. The zero-order valence-corrected chi connectivity index (χ0v) is 27.3. The number of carbonyl (C=O) groups is 4. The third kappa shape index (κ3) is 11.1. The maximum atomic E-state index is 13.7. The third-order valence-electron chi connectivity index (χ3n) is 7.94. The number of thiazole rings is 1. The normalized spacial score (nSPS) is 14.9. The average molecular weight is 617 g/mol. The monoisotopic (exact) mass is 616 g/mol.